The molecule has 2 aromatic carbocycles. The highest BCUT2D eigenvalue weighted by atomic mass is 127. The average Bonchev–Trinajstić information content (AvgIpc) is 2.48. The van der Waals surface area contributed by atoms with Crippen LogP contribution in [-0.2, 0) is 6.42 Å². The van der Waals surface area contributed by atoms with E-state index in [1.54, 1.807) is 24.1 Å². The van der Waals surface area contributed by atoms with Crippen molar-refractivity contribution in [1.29, 1.82) is 0 Å². The molecule has 0 fully saturated rings. The largest absolute Gasteiger partial charge is 0.507 e. The fraction of sp³-hybridized carbons (Fsp3) is 0.188. The third-order valence-corrected chi connectivity index (χ3v) is 4.03. The lowest BCUT2D eigenvalue weighted by molar-refractivity contribution is 0.0796. The highest BCUT2D eigenvalue weighted by molar-refractivity contribution is 14.1. The fourth-order valence-electron chi connectivity index (χ4n) is 1.91. The molecule has 0 saturated carbocycles. The summed E-state index contributed by atoms with van der Waals surface area (Å²) in [5.41, 5.74) is 1.72. The lowest BCUT2D eigenvalue weighted by atomic mass is 10.1. The van der Waals surface area contributed by atoms with Gasteiger partial charge in [0.05, 0.1) is 3.57 Å². The predicted molar refractivity (Wildman–Crippen MR) is 87.9 cm³/mol. The molecule has 0 aromatic heterocycles. The van der Waals surface area contributed by atoms with E-state index in [0.717, 1.165) is 9.99 Å². The first kappa shape index (κ1) is 14.8. The molecule has 0 saturated heterocycles. The molecule has 0 atom stereocenters. The molecule has 0 spiro atoms. The molecule has 0 heterocycles. The number of likely N-dealkylation sites (N-methyl/N-ethyl adjacent to an activating group) is 1. The van der Waals surface area contributed by atoms with E-state index in [0.29, 0.717) is 12.1 Å². The maximum atomic E-state index is 12.2. The second-order valence-electron chi connectivity index (χ2n) is 4.63. The number of benzene rings is 2. The number of halogens is 1. The highest BCUT2D eigenvalue weighted by Gasteiger charge is 2.13. The second-order valence-corrected chi connectivity index (χ2v) is 5.79. The third kappa shape index (κ3) is 3.72. The van der Waals surface area contributed by atoms with E-state index in [-0.39, 0.29) is 11.7 Å². The smallest absolute Gasteiger partial charge is 0.253 e. The topological polar surface area (TPSA) is 40.5 Å². The molecular weight excluding hydrogens is 365 g/mol. The molecule has 2 aromatic rings. The Bertz CT molecular complexity index is 599. The molecule has 0 unspecified atom stereocenters. The van der Waals surface area contributed by atoms with Gasteiger partial charge in [-0.2, -0.15) is 0 Å². The Labute approximate surface area is 132 Å². The van der Waals surface area contributed by atoms with Crippen LogP contribution in [0.2, 0.25) is 0 Å². The molecule has 2 rings (SSSR count). The van der Waals surface area contributed by atoms with E-state index in [9.17, 15) is 9.90 Å². The number of nitrogens with zero attached hydrogens (tertiary/aromatic N) is 1. The van der Waals surface area contributed by atoms with Gasteiger partial charge >= 0.3 is 0 Å². The van der Waals surface area contributed by atoms with Gasteiger partial charge in [0.2, 0.25) is 0 Å². The van der Waals surface area contributed by atoms with Crippen molar-refractivity contribution in [1.82, 2.24) is 4.90 Å². The maximum absolute atomic E-state index is 12.2. The summed E-state index contributed by atoms with van der Waals surface area (Å²) in [6.45, 7) is 0.648. The number of phenolic OH excluding ortho intramolecular Hbond substituents is 1. The Kier molecular flexibility index (Phi) is 5.00. The van der Waals surface area contributed by atoms with Crippen molar-refractivity contribution in [3.05, 3.63) is 63.2 Å². The zero-order valence-electron chi connectivity index (χ0n) is 11.2. The van der Waals surface area contributed by atoms with Crippen LogP contribution in [0.1, 0.15) is 15.9 Å². The third-order valence-electron chi connectivity index (χ3n) is 3.12. The second kappa shape index (κ2) is 6.74. The quantitative estimate of drug-likeness (QED) is 0.826. The molecule has 0 aliphatic carbocycles. The van der Waals surface area contributed by atoms with Crippen molar-refractivity contribution in [2.24, 2.45) is 0 Å². The van der Waals surface area contributed by atoms with Crippen molar-refractivity contribution in [2.75, 3.05) is 13.6 Å². The number of rotatable bonds is 4. The molecule has 0 bridgehead atoms. The Balaban J connectivity index is 1.99. The summed E-state index contributed by atoms with van der Waals surface area (Å²) in [6.07, 6.45) is 0.819. The van der Waals surface area contributed by atoms with Crippen molar-refractivity contribution >= 4 is 28.5 Å². The van der Waals surface area contributed by atoms with Crippen molar-refractivity contribution in [3.8, 4) is 5.75 Å². The van der Waals surface area contributed by atoms with Crippen LogP contribution in [0.3, 0.4) is 0 Å². The first-order chi connectivity index (χ1) is 9.58. The van der Waals surface area contributed by atoms with E-state index >= 15 is 0 Å². The number of carbonyl (C=O) groups excluding carboxylic acids is 1. The number of carbonyl (C=O) groups is 1. The Morgan fingerprint density at radius 1 is 1.20 bits per heavy atom. The van der Waals surface area contributed by atoms with Crippen LogP contribution in [0.25, 0.3) is 0 Å². The van der Waals surface area contributed by atoms with E-state index < -0.39 is 0 Å². The summed E-state index contributed by atoms with van der Waals surface area (Å²) in [5.74, 6) is 0.0699. The lowest BCUT2D eigenvalue weighted by Crippen LogP contribution is -2.28. The van der Waals surface area contributed by atoms with Gasteiger partial charge in [-0.05, 0) is 52.8 Å². The van der Waals surface area contributed by atoms with Gasteiger partial charge in [0.1, 0.15) is 5.75 Å². The van der Waals surface area contributed by atoms with E-state index in [2.05, 4.69) is 12.1 Å². The summed E-state index contributed by atoms with van der Waals surface area (Å²) in [4.78, 5) is 13.9. The van der Waals surface area contributed by atoms with Crippen LogP contribution in [-0.4, -0.2) is 29.5 Å². The Morgan fingerprint density at radius 3 is 2.55 bits per heavy atom. The van der Waals surface area contributed by atoms with Crippen LogP contribution >= 0.6 is 22.6 Å². The summed E-state index contributed by atoms with van der Waals surface area (Å²) >= 11 is 2.03. The van der Waals surface area contributed by atoms with Gasteiger partial charge < -0.3 is 10.0 Å². The Morgan fingerprint density at radius 2 is 1.90 bits per heavy atom. The number of hydrogen-bond acceptors (Lipinski definition) is 2. The van der Waals surface area contributed by atoms with Gasteiger partial charge in [-0.3, -0.25) is 4.79 Å². The van der Waals surface area contributed by atoms with Crippen LogP contribution in [0, 0.1) is 3.57 Å². The summed E-state index contributed by atoms with van der Waals surface area (Å²) < 4.78 is 0.742. The van der Waals surface area contributed by atoms with Gasteiger partial charge in [-0.15, -0.1) is 0 Å². The Hall–Kier alpha value is -1.56. The van der Waals surface area contributed by atoms with Crippen molar-refractivity contribution < 1.29 is 9.90 Å². The zero-order chi connectivity index (χ0) is 14.5. The molecule has 4 heteroatoms. The van der Waals surface area contributed by atoms with Crippen molar-refractivity contribution in [2.45, 2.75) is 6.42 Å². The number of hydrogen-bond donors (Lipinski definition) is 1. The van der Waals surface area contributed by atoms with E-state index in [1.165, 1.54) is 11.6 Å². The number of phenols is 1. The summed E-state index contributed by atoms with van der Waals surface area (Å²) in [7, 11) is 1.78. The SMILES string of the molecule is CN(CCc1ccccc1)C(=O)c1ccc(I)c(O)c1. The molecular formula is C16H16INO2. The maximum Gasteiger partial charge on any atom is 0.253 e. The molecule has 3 nitrogen and oxygen atoms in total. The van der Waals surface area contributed by atoms with Crippen LogP contribution in [0.5, 0.6) is 5.75 Å². The van der Waals surface area contributed by atoms with Crippen LogP contribution in [0.15, 0.2) is 48.5 Å². The molecule has 0 aliphatic rings. The number of aromatic hydroxyl groups is 1. The molecule has 1 N–H and O–H groups in total. The van der Waals surface area contributed by atoms with Crippen LogP contribution < -0.4 is 0 Å². The minimum absolute atomic E-state index is 0.0763. The summed E-state index contributed by atoms with van der Waals surface area (Å²) in [6, 6.07) is 15.1. The van der Waals surface area contributed by atoms with Gasteiger partial charge in [0, 0.05) is 19.2 Å². The molecule has 0 radical (unpaired) electrons. The average molecular weight is 381 g/mol. The minimum atomic E-state index is -0.0763. The van der Waals surface area contributed by atoms with Gasteiger partial charge in [-0.25, -0.2) is 0 Å². The molecule has 20 heavy (non-hydrogen) atoms. The standard InChI is InChI=1S/C16H16INO2/c1-18(10-9-12-5-3-2-4-6-12)16(20)13-7-8-14(17)15(19)11-13/h2-8,11,19H,9-10H2,1H3. The fourth-order valence-corrected chi connectivity index (χ4v) is 2.24. The number of amides is 1. The normalized spacial score (nSPS) is 10.3. The molecule has 104 valence electrons. The van der Waals surface area contributed by atoms with E-state index in [4.69, 9.17) is 0 Å². The first-order valence-electron chi connectivity index (χ1n) is 6.36. The first-order valence-corrected chi connectivity index (χ1v) is 7.43. The monoisotopic (exact) mass is 381 g/mol. The minimum Gasteiger partial charge on any atom is -0.507 e. The summed E-state index contributed by atoms with van der Waals surface area (Å²) in [5, 5.41) is 9.66. The highest BCUT2D eigenvalue weighted by Crippen LogP contribution is 2.21. The lowest BCUT2D eigenvalue weighted by Gasteiger charge is -2.17. The molecule has 0 aliphatic heterocycles. The van der Waals surface area contributed by atoms with Crippen LogP contribution in [0.4, 0.5) is 0 Å². The molecule has 1 amide bonds. The zero-order valence-corrected chi connectivity index (χ0v) is 13.4. The van der Waals surface area contributed by atoms with E-state index in [1.807, 2.05) is 40.8 Å². The predicted octanol–water partition coefficient (Wildman–Crippen LogP) is 3.31. The van der Waals surface area contributed by atoms with Gasteiger partial charge in [0.15, 0.2) is 0 Å². The van der Waals surface area contributed by atoms with Crippen molar-refractivity contribution in [3.63, 3.8) is 0 Å². The van der Waals surface area contributed by atoms with Gasteiger partial charge in [-0.1, -0.05) is 30.3 Å². The van der Waals surface area contributed by atoms with Gasteiger partial charge in [0.25, 0.3) is 5.91 Å².